The van der Waals surface area contributed by atoms with Crippen molar-refractivity contribution in [2.24, 2.45) is 7.05 Å². The molecule has 0 radical (unpaired) electrons. The lowest BCUT2D eigenvalue weighted by Gasteiger charge is -2.13. The van der Waals surface area contributed by atoms with Gasteiger partial charge in [-0.25, -0.2) is 4.79 Å². The average Bonchev–Trinajstić information content (AvgIpc) is 2.87. The molecule has 1 N–H and O–H groups in total. The summed E-state index contributed by atoms with van der Waals surface area (Å²) >= 11 is 0. The molecule has 0 saturated carbocycles. The summed E-state index contributed by atoms with van der Waals surface area (Å²) in [6, 6.07) is 7.54. The van der Waals surface area contributed by atoms with Crippen molar-refractivity contribution >= 4 is 5.97 Å². The number of carbonyl (C=O) groups is 1. The van der Waals surface area contributed by atoms with E-state index in [4.69, 9.17) is 9.84 Å². The lowest BCUT2D eigenvalue weighted by atomic mass is 10.0. The van der Waals surface area contributed by atoms with Gasteiger partial charge in [-0.1, -0.05) is 6.07 Å². The first-order valence-electron chi connectivity index (χ1n) is 7.01. The number of likely N-dealkylation sites (N-methyl/N-ethyl adjacent to an activating group) is 1. The van der Waals surface area contributed by atoms with E-state index in [1.807, 2.05) is 32.3 Å². The van der Waals surface area contributed by atoms with Crippen LogP contribution in [0.3, 0.4) is 0 Å². The summed E-state index contributed by atoms with van der Waals surface area (Å²) in [6.45, 7) is 0.942. The predicted molar refractivity (Wildman–Crippen MR) is 84.4 cm³/mol. The number of carboxylic acid groups (broad SMARTS) is 1. The first-order chi connectivity index (χ1) is 10.4. The molecule has 0 aliphatic carbocycles. The summed E-state index contributed by atoms with van der Waals surface area (Å²) in [5, 5.41) is 13.1. The van der Waals surface area contributed by atoms with Crippen LogP contribution in [0.4, 0.5) is 0 Å². The van der Waals surface area contributed by atoms with Crippen LogP contribution >= 0.6 is 0 Å². The Morgan fingerprint density at radius 2 is 2.09 bits per heavy atom. The number of hydrogen-bond donors (Lipinski definition) is 1. The van der Waals surface area contributed by atoms with E-state index in [0.29, 0.717) is 5.75 Å². The van der Waals surface area contributed by atoms with E-state index in [-0.39, 0.29) is 5.69 Å². The number of nitrogens with zero attached hydrogens (tertiary/aromatic N) is 3. The van der Waals surface area contributed by atoms with Crippen LogP contribution in [-0.4, -0.2) is 53.5 Å². The van der Waals surface area contributed by atoms with Gasteiger partial charge in [0.15, 0.2) is 5.69 Å². The minimum Gasteiger partial charge on any atom is -0.496 e. The zero-order chi connectivity index (χ0) is 16.3. The second kappa shape index (κ2) is 6.62. The van der Waals surface area contributed by atoms with E-state index < -0.39 is 5.97 Å². The maximum absolute atomic E-state index is 11.1. The molecule has 2 aromatic rings. The predicted octanol–water partition coefficient (Wildman–Crippen LogP) is 1.90. The van der Waals surface area contributed by atoms with Crippen LogP contribution in [0.25, 0.3) is 11.3 Å². The van der Waals surface area contributed by atoms with Crippen molar-refractivity contribution < 1.29 is 14.6 Å². The molecule has 0 spiro atoms. The minimum atomic E-state index is -1.04. The Kier molecular flexibility index (Phi) is 4.82. The van der Waals surface area contributed by atoms with E-state index in [9.17, 15) is 4.79 Å². The summed E-state index contributed by atoms with van der Waals surface area (Å²) in [4.78, 5) is 13.2. The van der Waals surface area contributed by atoms with Crippen molar-refractivity contribution in [1.29, 1.82) is 0 Å². The molecule has 22 heavy (non-hydrogen) atoms. The van der Waals surface area contributed by atoms with Gasteiger partial charge in [-0.3, -0.25) is 4.68 Å². The van der Waals surface area contributed by atoms with Gasteiger partial charge in [0.1, 0.15) is 5.75 Å². The van der Waals surface area contributed by atoms with E-state index in [1.54, 1.807) is 24.9 Å². The van der Waals surface area contributed by atoms with Crippen LogP contribution in [0, 0.1) is 0 Å². The van der Waals surface area contributed by atoms with Gasteiger partial charge in [-0.2, -0.15) is 5.10 Å². The molecule has 1 heterocycles. The summed E-state index contributed by atoms with van der Waals surface area (Å²) in [6.07, 6.45) is 0.910. The Bertz CT molecular complexity index is 677. The zero-order valence-corrected chi connectivity index (χ0v) is 13.3. The number of benzene rings is 1. The minimum absolute atomic E-state index is 0.0262. The Hall–Kier alpha value is -2.34. The van der Waals surface area contributed by atoms with Gasteiger partial charge in [0.2, 0.25) is 0 Å². The van der Waals surface area contributed by atoms with Crippen molar-refractivity contribution in [2.75, 3.05) is 27.7 Å². The third-order valence-electron chi connectivity index (χ3n) is 3.49. The Labute approximate surface area is 129 Å². The first-order valence-corrected chi connectivity index (χ1v) is 7.01. The standard InChI is InChI=1S/C16H21N3O3/c1-18(2)8-7-11-5-6-15(22-4)12(9-11)14-10-13(16(20)21)17-19(14)3/h5-6,9-10H,7-8H2,1-4H3,(H,20,21). The molecule has 0 aliphatic heterocycles. The second-order valence-electron chi connectivity index (χ2n) is 5.43. The molecule has 0 fully saturated rings. The lowest BCUT2D eigenvalue weighted by Crippen LogP contribution is -2.15. The number of methoxy groups -OCH3 is 1. The molecule has 0 saturated heterocycles. The Morgan fingerprint density at radius 3 is 2.64 bits per heavy atom. The van der Waals surface area contributed by atoms with Crippen molar-refractivity contribution in [1.82, 2.24) is 14.7 Å². The number of aryl methyl sites for hydroxylation is 1. The molecular formula is C16H21N3O3. The van der Waals surface area contributed by atoms with Gasteiger partial charge in [-0.15, -0.1) is 0 Å². The Balaban J connectivity index is 2.43. The van der Waals surface area contributed by atoms with E-state index in [1.165, 1.54) is 5.56 Å². The summed E-state index contributed by atoms with van der Waals surface area (Å²) in [7, 11) is 7.40. The Morgan fingerprint density at radius 1 is 1.36 bits per heavy atom. The molecule has 2 rings (SSSR count). The second-order valence-corrected chi connectivity index (χ2v) is 5.43. The molecule has 0 unspecified atom stereocenters. The highest BCUT2D eigenvalue weighted by Gasteiger charge is 2.16. The third-order valence-corrected chi connectivity index (χ3v) is 3.49. The first kappa shape index (κ1) is 16.0. The monoisotopic (exact) mass is 303 g/mol. The van der Waals surface area contributed by atoms with Crippen LogP contribution in [0.5, 0.6) is 5.75 Å². The van der Waals surface area contributed by atoms with E-state index >= 15 is 0 Å². The van der Waals surface area contributed by atoms with Crippen LogP contribution < -0.4 is 4.74 Å². The molecule has 1 aromatic carbocycles. The molecule has 6 nitrogen and oxygen atoms in total. The van der Waals surface area contributed by atoms with Crippen molar-refractivity contribution in [3.63, 3.8) is 0 Å². The highest BCUT2D eigenvalue weighted by atomic mass is 16.5. The van der Waals surface area contributed by atoms with Gasteiger partial charge in [0.05, 0.1) is 12.8 Å². The average molecular weight is 303 g/mol. The number of hydrogen-bond acceptors (Lipinski definition) is 4. The van der Waals surface area contributed by atoms with Crippen LogP contribution in [0.1, 0.15) is 16.1 Å². The van der Waals surface area contributed by atoms with Crippen molar-refractivity contribution in [3.8, 4) is 17.0 Å². The van der Waals surface area contributed by atoms with E-state index in [0.717, 1.165) is 24.2 Å². The van der Waals surface area contributed by atoms with Gasteiger partial charge in [0.25, 0.3) is 0 Å². The van der Waals surface area contributed by atoms with Crippen molar-refractivity contribution in [3.05, 3.63) is 35.5 Å². The number of aromatic carboxylic acids is 1. The normalized spacial score (nSPS) is 11.0. The summed E-state index contributed by atoms with van der Waals surface area (Å²) in [5.41, 5.74) is 2.77. The topological polar surface area (TPSA) is 67.6 Å². The molecule has 0 bridgehead atoms. The van der Waals surface area contributed by atoms with Crippen LogP contribution in [-0.2, 0) is 13.5 Å². The smallest absolute Gasteiger partial charge is 0.356 e. The number of aromatic nitrogens is 2. The maximum Gasteiger partial charge on any atom is 0.356 e. The molecule has 6 heteroatoms. The molecule has 0 aliphatic rings. The fourth-order valence-corrected chi connectivity index (χ4v) is 2.29. The zero-order valence-electron chi connectivity index (χ0n) is 13.3. The van der Waals surface area contributed by atoms with Gasteiger partial charge >= 0.3 is 5.97 Å². The summed E-state index contributed by atoms with van der Waals surface area (Å²) < 4.78 is 6.97. The van der Waals surface area contributed by atoms with E-state index in [2.05, 4.69) is 10.00 Å². The van der Waals surface area contributed by atoms with Crippen molar-refractivity contribution in [2.45, 2.75) is 6.42 Å². The van der Waals surface area contributed by atoms with Crippen LogP contribution in [0.2, 0.25) is 0 Å². The molecular weight excluding hydrogens is 282 g/mol. The number of ether oxygens (including phenoxy) is 1. The summed E-state index contributed by atoms with van der Waals surface area (Å²) in [5.74, 6) is -0.335. The lowest BCUT2D eigenvalue weighted by molar-refractivity contribution is 0.0689. The molecule has 1 aromatic heterocycles. The largest absolute Gasteiger partial charge is 0.496 e. The SMILES string of the molecule is COc1ccc(CCN(C)C)cc1-c1cc(C(=O)O)nn1C. The highest BCUT2D eigenvalue weighted by Crippen LogP contribution is 2.31. The number of carboxylic acids is 1. The van der Waals surface area contributed by atoms with Gasteiger partial charge in [-0.05, 0) is 44.3 Å². The molecule has 0 amide bonds. The fraction of sp³-hybridized carbons (Fsp3) is 0.375. The maximum atomic E-state index is 11.1. The quantitative estimate of drug-likeness (QED) is 0.883. The van der Waals surface area contributed by atoms with Gasteiger partial charge < -0.3 is 14.7 Å². The fourth-order valence-electron chi connectivity index (χ4n) is 2.29. The third kappa shape index (κ3) is 3.46. The molecule has 118 valence electrons. The molecule has 0 atom stereocenters. The number of rotatable bonds is 6. The highest BCUT2D eigenvalue weighted by molar-refractivity contribution is 5.87. The van der Waals surface area contributed by atoms with Crippen LogP contribution in [0.15, 0.2) is 24.3 Å². The van der Waals surface area contributed by atoms with Gasteiger partial charge in [0, 0.05) is 19.2 Å².